The van der Waals surface area contributed by atoms with E-state index in [0.717, 1.165) is 13.0 Å². The average molecular weight is 263 g/mol. The molecule has 0 aromatic heterocycles. The molecule has 4 heteroatoms. The summed E-state index contributed by atoms with van der Waals surface area (Å²) >= 11 is 0. The van der Waals surface area contributed by atoms with Crippen LogP contribution in [0.25, 0.3) is 0 Å². The molecule has 1 aromatic carbocycles. The van der Waals surface area contributed by atoms with Gasteiger partial charge in [-0.05, 0) is 18.9 Å². The van der Waals surface area contributed by atoms with Crippen LogP contribution in [0.1, 0.15) is 18.9 Å². The Balaban J connectivity index is 1.88. The molecule has 0 saturated carbocycles. The molecule has 4 nitrogen and oxygen atoms in total. The lowest BCUT2D eigenvalue weighted by Gasteiger charge is -2.36. The Morgan fingerprint density at radius 1 is 1.47 bits per heavy atom. The van der Waals surface area contributed by atoms with Gasteiger partial charge in [0.25, 0.3) is 0 Å². The molecule has 0 spiro atoms. The van der Waals surface area contributed by atoms with E-state index in [1.54, 1.807) is 0 Å². The number of hydrogen-bond acceptors (Lipinski definition) is 3. The number of carboxylic acid groups (broad SMARTS) is 1. The Morgan fingerprint density at radius 2 is 2.21 bits per heavy atom. The monoisotopic (exact) mass is 263 g/mol. The quantitative estimate of drug-likeness (QED) is 0.880. The molecule has 1 N–H and O–H groups in total. The molecule has 1 aliphatic heterocycles. The fraction of sp³-hybridized carbons (Fsp3) is 0.533. The number of morpholine rings is 1. The van der Waals surface area contributed by atoms with E-state index in [1.165, 1.54) is 5.56 Å². The lowest BCUT2D eigenvalue weighted by Crippen LogP contribution is -2.47. The SMILES string of the molecule is CC(Cc1ccccc1)N1CCOC(CC(=O)O)C1. The van der Waals surface area contributed by atoms with Crippen LogP contribution in [-0.4, -0.2) is 47.8 Å². The summed E-state index contributed by atoms with van der Waals surface area (Å²) in [7, 11) is 0. The van der Waals surface area contributed by atoms with Gasteiger partial charge in [-0.2, -0.15) is 0 Å². The molecule has 0 amide bonds. The second-order valence-corrected chi connectivity index (χ2v) is 5.12. The Labute approximate surface area is 114 Å². The first-order chi connectivity index (χ1) is 9.15. The molecule has 104 valence electrons. The highest BCUT2D eigenvalue weighted by atomic mass is 16.5. The van der Waals surface area contributed by atoms with Gasteiger partial charge in [-0.1, -0.05) is 30.3 Å². The average Bonchev–Trinajstić information content (AvgIpc) is 2.39. The predicted octanol–water partition coefficient (Wildman–Crippen LogP) is 1.79. The van der Waals surface area contributed by atoms with Gasteiger partial charge in [0.1, 0.15) is 0 Å². The minimum absolute atomic E-state index is 0.0918. The Hall–Kier alpha value is -1.39. The Bertz CT molecular complexity index is 407. The molecule has 2 unspecified atom stereocenters. The maximum absolute atomic E-state index is 10.7. The van der Waals surface area contributed by atoms with Crippen LogP contribution in [0.4, 0.5) is 0 Å². The Kier molecular flexibility index (Phi) is 4.93. The van der Waals surface area contributed by atoms with Crippen molar-refractivity contribution in [1.82, 2.24) is 4.90 Å². The van der Waals surface area contributed by atoms with Crippen LogP contribution < -0.4 is 0 Å². The van der Waals surface area contributed by atoms with Crippen molar-refractivity contribution in [2.75, 3.05) is 19.7 Å². The zero-order valence-corrected chi connectivity index (χ0v) is 11.3. The summed E-state index contributed by atoms with van der Waals surface area (Å²) in [4.78, 5) is 13.1. The van der Waals surface area contributed by atoms with E-state index in [2.05, 4.69) is 36.1 Å². The van der Waals surface area contributed by atoms with E-state index in [0.29, 0.717) is 19.2 Å². The molecule has 1 aromatic rings. The summed E-state index contributed by atoms with van der Waals surface area (Å²) in [6, 6.07) is 10.8. The maximum Gasteiger partial charge on any atom is 0.306 e. The second-order valence-electron chi connectivity index (χ2n) is 5.12. The Morgan fingerprint density at radius 3 is 2.89 bits per heavy atom. The van der Waals surface area contributed by atoms with Crippen molar-refractivity contribution in [3.63, 3.8) is 0 Å². The van der Waals surface area contributed by atoms with Gasteiger partial charge >= 0.3 is 5.97 Å². The number of carbonyl (C=O) groups is 1. The van der Waals surface area contributed by atoms with E-state index < -0.39 is 5.97 Å². The molecular formula is C15H21NO3. The second kappa shape index (κ2) is 6.68. The number of ether oxygens (including phenoxy) is 1. The lowest BCUT2D eigenvalue weighted by atomic mass is 10.0. The number of rotatable bonds is 5. The van der Waals surface area contributed by atoms with E-state index in [1.807, 2.05) is 6.07 Å². The summed E-state index contributed by atoms with van der Waals surface area (Å²) in [6.07, 6.45) is 0.902. The van der Waals surface area contributed by atoms with Crippen LogP contribution >= 0.6 is 0 Å². The van der Waals surface area contributed by atoms with Crippen LogP contribution in [0.3, 0.4) is 0 Å². The molecular weight excluding hydrogens is 242 g/mol. The van der Waals surface area contributed by atoms with Crippen molar-refractivity contribution in [1.29, 1.82) is 0 Å². The minimum atomic E-state index is -0.789. The third kappa shape index (κ3) is 4.33. The standard InChI is InChI=1S/C15H21NO3/c1-12(9-13-5-3-2-4-6-13)16-7-8-19-14(11-16)10-15(17)18/h2-6,12,14H,7-11H2,1H3,(H,17,18). The normalized spacial score (nSPS) is 22.1. The first kappa shape index (κ1) is 14.0. The van der Waals surface area contributed by atoms with Gasteiger partial charge in [0, 0.05) is 19.1 Å². The summed E-state index contributed by atoms with van der Waals surface area (Å²) in [5, 5.41) is 8.83. The highest BCUT2D eigenvalue weighted by molar-refractivity contribution is 5.67. The third-order valence-electron chi connectivity index (χ3n) is 3.57. The van der Waals surface area contributed by atoms with E-state index in [9.17, 15) is 4.79 Å². The van der Waals surface area contributed by atoms with Crippen molar-refractivity contribution in [2.45, 2.75) is 31.9 Å². The van der Waals surface area contributed by atoms with Crippen molar-refractivity contribution in [3.05, 3.63) is 35.9 Å². The topological polar surface area (TPSA) is 49.8 Å². The van der Waals surface area contributed by atoms with Crippen LogP contribution in [0, 0.1) is 0 Å². The molecule has 19 heavy (non-hydrogen) atoms. The fourth-order valence-corrected chi connectivity index (χ4v) is 2.55. The number of hydrogen-bond donors (Lipinski definition) is 1. The summed E-state index contributed by atoms with van der Waals surface area (Å²) in [6.45, 7) is 4.40. The summed E-state index contributed by atoms with van der Waals surface area (Å²) in [5.74, 6) is -0.789. The third-order valence-corrected chi connectivity index (χ3v) is 3.57. The van der Waals surface area contributed by atoms with Gasteiger partial charge in [-0.3, -0.25) is 9.69 Å². The van der Waals surface area contributed by atoms with Gasteiger partial charge < -0.3 is 9.84 Å². The van der Waals surface area contributed by atoms with Crippen molar-refractivity contribution >= 4 is 5.97 Å². The highest BCUT2D eigenvalue weighted by Crippen LogP contribution is 2.15. The summed E-state index contributed by atoms with van der Waals surface area (Å²) < 4.78 is 5.50. The van der Waals surface area contributed by atoms with Crippen LogP contribution in [-0.2, 0) is 16.0 Å². The number of nitrogens with zero attached hydrogens (tertiary/aromatic N) is 1. The smallest absolute Gasteiger partial charge is 0.306 e. The van der Waals surface area contributed by atoms with Crippen LogP contribution in [0.5, 0.6) is 0 Å². The molecule has 1 aliphatic rings. The van der Waals surface area contributed by atoms with Crippen molar-refractivity contribution in [3.8, 4) is 0 Å². The summed E-state index contributed by atoms with van der Waals surface area (Å²) in [5.41, 5.74) is 1.32. The van der Waals surface area contributed by atoms with Gasteiger partial charge in [0.2, 0.25) is 0 Å². The number of benzene rings is 1. The van der Waals surface area contributed by atoms with Crippen LogP contribution in [0.15, 0.2) is 30.3 Å². The molecule has 2 rings (SSSR count). The van der Waals surface area contributed by atoms with Crippen molar-refractivity contribution in [2.24, 2.45) is 0 Å². The number of carboxylic acids is 1. The molecule has 0 aliphatic carbocycles. The number of aliphatic carboxylic acids is 1. The molecule has 1 heterocycles. The lowest BCUT2D eigenvalue weighted by molar-refractivity contribution is -0.142. The first-order valence-electron chi connectivity index (χ1n) is 6.76. The minimum Gasteiger partial charge on any atom is -0.481 e. The first-order valence-corrected chi connectivity index (χ1v) is 6.76. The van der Waals surface area contributed by atoms with Gasteiger partial charge in [-0.25, -0.2) is 0 Å². The van der Waals surface area contributed by atoms with Crippen molar-refractivity contribution < 1.29 is 14.6 Å². The predicted molar refractivity (Wildman–Crippen MR) is 73.2 cm³/mol. The van der Waals surface area contributed by atoms with Gasteiger partial charge in [-0.15, -0.1) is 0 Å². The molecule has 0 radical (unpaired) electrons. The molecule has 0 bridgehead atoms. The van der Waals surface area contributed by atoms with Gasteiger partial charge in [0.15, 0.2) is 0 Å². The largest absolute Gasteiger partial charge is 0.481 e. The van der Waals surface area contributed by atoms with E-state index >= 15 is 0 Å². The van der Waals surface area contributed by atoms with E-state index in [-0.39, 0.29) is 12.5 Å². The maximum atomic E-state index is 10.7. The van der Waals surface area contributed by atoms with Gasteiger partial charge in [0.05, 0.1) is 19.1 Å². The molecule has 2 atom stereocenters. The highest BCUT2D eigenvalue weighted by Gasteiger charge is 2.25. The molecule has 1 saturated heterocycles. The zero-order chi connectivity index (χ0) is 13.7. The van der Waals surface area contributed by atoms with E-state index in [4.69, 9.17) is 9.84 Å². The fourth-order valence-electron chi connectivity index (χ4n) is 2.55. The van der Waals surface area contributed by atoms with Crippen LogP contribution in [0.2, 0.25) is 0 Å². The molecule has 1 fully saturated rings. The zero-order valence-electron chi connectivity index (χ0n) is 11.3.